The second-order valence-electron chi connectivity index (χ2n) is 2.01. The molecule has 0 bridgehead atoms. The molecule has 0 radical (unpaired) electrons. The Kier molecular flexibility index (Phi) is 5.39. The van der Waals surface area contributed by atoms with Crippen molar-refractivity contribution in [2.75, 3.05) is 25.4 Å². The minimum atomic E-state index is -3.37. The predicted octanol–water partition coefficient (Wildman–Crippen LogP) is -1.36. The molecule has 0 heterocycles. The molecule has 0 spiro atoms. The average molecular weight is 182 g/mol. The van der Waals surface area contributed by atoms with Gasteiger partial charge in [0.25, 0.3) is 10.1 Å². The van der Waals surface area contributed by atoms with Gasteiger partial charge in [0.2, 0.25) is 0 Å². The van der Waals surface area contributed by atoms with Crippen LogP contribution in [0.2, 0.25) is 0 Å². The van der Waals surface area contributed by atoms with E-state index in [0.717, 1.165) is 0 Å². The van der Waals surface area contributed by atoms with E-state index in [9.17, 15) is 8.42 Å². The number of hydrogen-bond donors (Lipinski definition) is 2. The first-order valence-electron chi connectivity index (χ1n) is 3.39. The molecule has 0 aliphatic rings. The molecule has 0 aromatic carbocycles. The van der Waals surface area contributed by atoms with Crippen molar-refractivity contribution in [3.63, 3.8) is 0 Å². The molecule has 68 valence electrons. The van der Waals surface area contributed by atoms with Gasteiger partial charge in [0, 0.05) is 6.54 Å². The van der Waals surface area contributed by atoms with Gasteiger partial charge in [-0.05, 0) is 13.0 Å². The van der Waals surface area contributed by atoms with Gasteiger partial charge in [0.15, 0.2) is 0 Å². The fourth-order valence-electron chi connectivity index (χ4n) is 0.494. The van der Waals surface area contributed by atoms with Gasteiger partial charge in [0.05, 0.1) is 12.4 Å². The Balaban J connectivity index is 3.63. The second kappa shape index (κ2) is 5.48. The Bertz CT molecular complexity index is 164. The highest BCUT2D eigenvalue weighted by Crippen LogP contribution is 1.94. The standard InChI is InChI=1S/C5H14N2O3S/c6-2-1-5-11(8,9)10-4-3-7/h1-7H2. The monoisotopic (exact) mass is 182 g/mol. The van der Waals surface area contributed by atoms with Gasteiger partial charge in [-0.3, -0.25) is 4.18 Å². The van der Waals surface area contributed by atoms with Crippen LogP contribution in [-0.2, 0) is 14.3 Å². The summed E-state index contributed by atoms with van der Waals surface area (Å²) in [6.45, 7) is 0.611. The topological polar surface area (TPSA) is 95.4 Å². The van der Waals surface area contributed by atoms with E-state index >= 15 is 0 Å². The molecule has 0 unspecified atom stereocenters. The third-order valence-corrected chi connectivity index (χ3v) is 2.29. The van der Waals surface area contributed by atoms with E-state index in [0.29, 0.717) is 13.0 Å². The van der Waals surface area contributed by atoms with Gasteiger partial charge in [-0.25, -0.2) is 0 Å². The van der Waals surface area contributed by atoms with E-state index in [-0.39, 0.29) is 18.9 Å². The summed E-state index contributed by atoms with van der Waals surface area (Å²) in [5.41, 5.74) is 10.2. The summed E-state index contributed by atoms with van der Waals surface area (Å²) in [5, 5.41) is 0. The molecule has 6 heteroatoms. The summed E-state index contributed by atoms with van der Waals surface area (Å²) in [5.74, 6) is -0.0243. The molecule has 4 N–H and O–H groups in total. The van der Waals surface area contributed by atoms with E-state index in [2.05, 4.69) is 4.18 Å². The largest absolute Gasteiger partial charge is 0.330 e. The molecular formula is C5H14N2O3S. The number of hydrogen-bond acceptors (Lipinski definition) is 5. The van der Waals surface area contributed by atoms with Gasteiger partial charge in [0.1, 0.15) is 0 Å². The maximum absolute atomic E-state index is 10.8. The third kappa shape index (κ3) is 6.24. The first-order chi connectivity index (χ1) is 5.12. The molecule has 0 atom stereocenters. The van der Waals surface area contributed by atoms with Crippen molar-refractivity contribution < 1.29 is 12.6 Å². The molecule has 0 fully saturated rings. The zero-order chi connectivity index (χ0) is 8.74. The molecular weight excluding hydrogens is 168 g/mol. The van der Waals surface area contributed by atoms with E-state index in [1.807, 2.05) is 0 Å². The molecule has 0 saturated heterocycles. The van der Waals surface area contributed by atoms with E-state index in [1.54, 1.807) is 0 Å². The van der Waals surface area contributed by atoms with E-state index < -0.39 is 10.1 Å². The SMILES string of the molecule is NCCCS(=O)(=O)OCCN. The number of nitrogens with two attached hydrogens (primary N) is 2. The lowest BCUT2D eigenvalue weighted by Crippen LogP contribution is -2.18. The van der Waals surface area contributed by atoms with Crippen molar-refractivity contribution >= 4 is 10.1 Å². The summed E-state index contributed by atoms with van der Waals surface area (Å²) in [6, 6.07) is 0. The van der Waals surface area contributed by atoms with Crippen molar-refractivity contribution in [3.8, 4) is 0 Å². The van der Waals surface area contributed by atoms with Crippen molar-refractivity contribution in [1.29, 1.82) is 0 Å². The first kappa shape index (κ1) is 10.8. The predicted molar refractivity (Wildman–Crippen MR) is 42.5 cm³/mol. The van der Waals surface area contributed by atoms with Crippen LogP contribution < -0.4 is 11.5 Å². The van der Waals surface area contributed by atoms with Crippen LogP contribution in [0.4, 0.5) is 0 Å². The summed E-state index contributed by atoms with van der Waals surface area (Å²) >= 11 is 0. The first-order valence-corrected chi connectivity index (χ1v) is 4.97. The van der Waals surface area contributed by atoms with Crippen LogP contribution in [0, 0.1) is 0 Å². The number of rotatable bonds is 6. The lowest BCUT2D eigenvalue weighted by atomic mass is 10.5. The minimum absolute atomic E-state index is 0.0243. The minimum Gasteiger partial charge on any atom is -0.330 e. The van der Waals surface area contributed by atoms with Crippen LogP contribution >= 0.6 is 0 Å². The zero-order valence-electron chi connectivity index (χ0n) is 6.32. The summed E-state index contributed by atoms with van der Waals surface area (Å²) in [4.78, 5) is 0. The van der Waals surface area contributed by atoms with Crippen LogP contribution in [0.1, 0.15) is 6.42 Å². The van der Waals surface area contributed by atoms with Crippen molar-refractivity contribution in [1.82, 2.24) is 0 Å². The van der Waals surface area contributed by atoms with Crippen LogP contribution in [0.3, 0.4) is 0 Å². The van der Waals surface area contributed by atoms with Gasteiger partial charge in [-0.2, -0.15) is 8.42 Å². The van der Waals surface area contributed by atoms with Crippen LogP contribution in [0.5, 0.6) is 0 Å². The maximum atomic E-state index is 10.8. The van der Waals surface area contributed by atoms with E-state index in [1.165, 1.54) is 0 Å². The smallest absolute Gasteiger partial charge is 0.267 e. The summed E-state index contributed by atoms with van der Waals surface area (Å²) in [7, 11) is -3.37. The normalized spacial score (nSPS) is 11.8. The fourth-order valence-corrected chi connectivity index (χ4v) is 1.48. The lowest BCUT2D eigenvalue weighted by Gasteiger charge is -2.01. The molecule has 0 aromatic rings. The lowest BCUT2D eigenvalue weighted by molar-refractivity contribution is 0.327. The highest BCUT2D eigenvalue weighted by molar-refractivity contribution is 7.86. The molecule has 0 amide bonds. The van der Waals surface area contributed by atoms with Gasteiger partial charge < -0.3 is 11.5 Å². The molecule has 11 heavy (non-hydrogen) atoms. The highest BCUT2D eigenvalue weighted by atomic mass is 32.2. The van der Waals surface area contributed by atoms with Gasteiger partial charge >= 0.3 is 0 Å². The van der Waals surface area contributed by atoms with E-state index in [4.69, 9.17) is 11.5 Å². The summed E-state index contributed by atoms with van der Waals surface area (Å²) < 4.78 is 26.1. The van der Waals surface area contributed by atoms with Crippen molar-refractivity contribution in [2.24, 2.45) is 11.5 Å². The summed E-state index contributed by atoms with van der Waals surface area (Å²) in [6.07, 6.45) is 0.424. The van der Waals surface area contributed by atoms with Crippen LogP contribution in [0.25, 0.3) is 0 Å². The molecule has 0 aliphatic heterocycles. The Hall–Kier alpha value is -0.170. The van der Waals surface area contributed by atoms with Crippen molar-refractivity contribution in [2.45, 2.75) is 6.42 Å². The Morgan fingerprint density at radius 2 is 1.82 bits per heavy atom. The maximum Gasteiger partial charge on any atom is 0.267 e. The highest BCUT2D eigenvalue weighted by Gasteiger charge is 2.08. The van der Waals surface area contributed by atoms with Crippen LogP contribution in [-0.4, -0.2) is 33.9 Å². The molecule has 0 saturated carbocycles. The Morgan fingerprint density at radius 1 is 1.18 bits per heavy atom. The fraction of sp³-hybridized carbons (Fsp3) is 1.00. The third-order valence-electron chi connectivity index (χ3n) is 0.979. The Morgan fingerprint density at radius 3 is 2.27 bits per heavy atom. The molecule has 5 nitrogen and oxygen atoms in total. The molecule has 0 rings (SSSR count). The Labute approximate surface area is 66.8 Å². The second-order valence-corrected chi connectivity index (χ2v) is 3.77. The van der Waals surface area contributed by atoms with Crippen molar-refractivity contribution in [3.05, 3.63) is 0 Å². The van der Waals surface area contributed by atoms with Gasteiger partial charge in [-0.15, -0.1) is 0 Å². The van der Waals surface area contributed by atoms with Crippen LogP contribution in [0.15, 0.2) is 0 Å². The zero-order valence-corrected chi connectivity index (χ0v) is 7.14. The van der Waals surface area contributed by atoms with Gasteiger partial charge in [-0.1, -0.05) is 0 Å². The quantitative estimate of drug-likeness (QED) is 0.495. The molecule has 0 aromatic heterocycles. The molecule has 0 aliphatic carbocycles. The average Bonchev–Trinajstić information content (AvgIpc) is 1.97.